The van der Waals surface area contributed by atoms with Gasteiger partial charge in [-0.2, -0.15) is 0 Å². The minimum absolute atomic E-state index is 0.0712. The first-order valence-corrected chi connectivity index (χ1v) is 16.7. The number of nitrogens with two attached hydrogens (primary N) is 1. The summed E-state index contributed by atoms with van der Waals surface area (Å²) in [5, 5.41) is 2.91. The standard InChI is InChI=1S/C41H46F2N4O3/c1-41(2,44)24-11-16-38(48)46(3)37(27-30-17-20-33(21-18-30)32-14-9-6-10-15-32)40(50)47(4)36(28-31-19-22-34(42)35(43)26-31)39(49)45-25-23-29-12-7-5-8-13-29/h5-22,26,36-37H,23-25,27-28,44H2,1-4H3,(H,45,49)/t36-,37-/m1/s1. The molecule has 2 atom stereocenters. The zero-order valence-corrected chi connectivity index (χ0v) is 29.1. The lowest BCUT2D eigenvalue weighted by Crippen LogP contribution is -2.56. The molecule has 0 aliphatic carbocycles. The molecule has 0 bridgehead atoms. The van der Waals surface area contributed by atoms with E-state index in [-0.39, 0.29) is 12.8 Å². The van der Waals surface area contributed by atoms with Crippen molar-refractivity contribution in [3.05, 3.63) is 144 Å². The summed E-state index contributed by atoms with van der Waals surface area (Å²) in [6.45, 7) is 4.00. The van der Waals surface area contributed by atoms with Gasteiger partial charge in [0.05, 0.1) is 0 Å². The van der Waals surface area contributed by atoms with E-state index < -0.39 is 47.0 Å². The van der Waals surface area contributed by atoms with Gasteiger partial charge in [-0.15, -0.1) is 0 Å². The van der Waals surface area contributed by atoms with Gasteiger partial charge < -0.3 is 20.9 Å². The normalized spacial score (nSPS) is 12.7. The Morgan fingerprint density at radius 1 is 0.740 bits per heavy atom. The summed E-state index contributed by atoms with van der Waals surface area (Å²) in [4.78, 5) is 44.3. The van der Waals surface area contributed by atoms with Crippen LogP contribution in [0.2, 0.25) is 0 Å². The van der Waals surface area contributed by atoms with Crippen LogP contribution in [0.25, 0.3) is 11.1 Å². The fourth-order valence-electron chi connectivity index (χ4n) is 5.59. The van der Waals surface area contributed by atoms with Crippen molar-refractivity contribution < 1.29 is 23.2 Å². The van der Waals surface area contributed by atoms with E-state index in [0.717, 1.165) is 34.4 Å². The molecule has 0 saturated heterocycles. The molecule has 262 valence electrons. The number of amides is 3. The number of nitrogens with zero attached hydrogens (tertiary/aromatic N) is 2. The Labute approximate surface area is 293 Å². The quantitative estimate of drug-likeness (QED) is 0.148. The molecular weight excluding hydrogens is 634 g/mol. The number of benzene rings is 4. The van der Waals surface area contributed by atoms with Gasteiger partial charge in [-0.25, -0.2) is 8.78 Å². The minimum atomic E-state index is -1.08. The molecule has 0 radical (unpaired) electrons. The molecule has 3 N–H and O–H groups in total. The molecule has 0 fully saturated rings. The van der Waals surface area contributed by atoms with Crippen LogP contribution in [0.1, 0.15) is 37.0 Å². The highest BCUT2D eigenvalue weighted by molar-refractivity contribution is 5.95. The molecule has 0 heterocycles. The zero-order chi connectivity index (χ0) is 36.3. The molecular formula is C41H46F2N4O3. The van der Waals surface area contributed by atoms with Gasteiger partial charge in [0.15, 0.2) is 11.6 Å². The van der Waals surface area contributed by atoms with Crippen molar-refractivity contribution in [1.82, 2.24) is 15.1 Å². The molecule has 0 saturated carbocycles. The molecule has 50 heavy (non-hydrogen) atoms. The topological polar surface area (TPSA) is 95.7 Å². The molecule has 4 rings (SSSR count). The highest BCUT2D eigenvalue weighted by Crippen LogP contribution is 2.22. The average molecular weight is 681 g/mol. The third kappa shape index (κ3) is 10.9. The molecule has 0 aliphatic heterocycles. The van der Waals surface area contributed by atoms with E-state index in [4.69, 9.17) is 5.73 Å². The van der Waals surface area contributed by atoms with Crippen molar-refractivity contribution in [1.29, 1.82) is 0 Å². The van der Waals surface area contributed by atoms with E-state index in [9.17, 15) is 23.2 Å². The number of hydrogen-bond acceptors (Lipinski definition) is 4. The van der Waals surface area contributed by atoms with E-state index in [1.165, 1.54) is 29.0 Å². The molecule has 7 nitrogen and oxygen atoms in total. The number of hydrogen-bond donors (Lipinski definition) is 2. The number of carbonyl (C=O) groups is 3. The fourth-order valence-corrected chi connectivity index (χ4v) is 5.59. The van der Waals surface area contributed by atoms with Crippen LogP contribution in [0.4, 0.5) is 8.78 Å². The minimum Gasteiger partial charge on any atom is -0.354 e. The summed E-state index contributed by atoms with van der Waals surface area (Å²) in [5.41, 5.74) is 9.81. The second kappa shape index (κ2) is 17.5. The van der Waals surface area contributed by atoms with Crippen molar-refractivity contribution in [3.63, 3.8) is 0 Å². The van der Waals surface area contributed by atoms with Gasteiger partial charge in [0, 0.05) is 39.0 Å². The predicted molar refractivity (Wildman–Crippen MR) is 194 cm³/mol. The molecule has 4 aromatic rings. The Hall–Kier alpha value is -5.15. The van der Waals surface area contributed by atoms with E-state index in [1.807, 2.05) is 98.8 Å². The first kappa shape index (κ1) is 37.7. The van der Waals surface area contributed by atoms with Crippen molar-refractivity contribution >= 4 is 17.7 Å². The Kier molecular flexibility index (Phi) is 13.2. The van der Waals surface area contributed by atoms with Gasteiger partial charge in [-0.3, -0.25) is 14.4 Å². The van der Waals surface area contributed by atoms with Crippen LogP contribution in [-0.4, -0.2) is 65.8 Å². The molecule has 0 spiro atoms. The van der Waals surface area contributed by atoms with Crippen molar-refractivity contribution in [2.24, 2.45) is 5.73 Å². The summed E-state index contributed by atoms with van der Waals surface area (Å²) < 4.78 is 28.0. The molecule has 0 aromatic heterocycles. The largest absolute Gasteiger partial charge is 0.354 e. The van der Waals surface area contributed by atoms with Crippen LogP contribution in [0, 0.1) is 11.6 Å². The van der Waals surface area contributed by atoms with Gasteiger partial charge in [-0.1, -0.05) is 97.1 Å². The van der Waals surface area contributed by atoms with E-state index in [0.29, 0.717) is 24.9 Å². The Morgan fingerprint density at radius 2 is 1.32 bits per heavy atom. The first-order chi connectivity index (χ1) is 23.8. The number of carbonyl (C=O) groups excluding carboxylic acids is 3. The molecule has 9 heteroatoms. The van der Waals surface area contributed by atoms with E-state index in [1.54, 1.807) is 13.1 Å². The number of likely N-dealkylation sites (N-methyl/N-ethyl adjacent to an activating group) is 2. The monoisotopic (exact) mass is 680 g/mol. The highest BCUT2D eigenvalue weighted by Gasteiger charge is 2.35. The van der Waals surface area contributed by atoms with Crippen LogP contribution in [0.3, 0.4) is 0 Å². The number of nitrogens with one attached hydrogen (secondary N) is 1. The first-order valence-electron chi connectivity index (χ1n) is 16.7. The maximum Gasteiger partial charge on any atom is 0.246 e. The second-order valence-corrected chi connectivity index (χ2v) is 13.3. The lowest BCUT2D eigenvalue weighted by Gasteiger charge is -2.34. The Balaban J connectivity index is 1.62. The van der Waals surface area contributed by atoms with Crippen molar-refractivity contribution in [2.75, 3.05) is 20.6 Å². The summed E-state index contributed by atoms with van der Waals surface area (Å²) in [6.07, 6.45) is 4.20. The third-order valence-corrected chi connectivity index (χ3v) is 8.58. The van der Waals surface area contributed by atoms with Gasteiger partial charge in [0.1, 0.15) is 12.1 Å². The van der Waals surface area contributed by atoms with E-state index in [2.05, 4.69) is 5.32 Å². The maximum atomic E-state index is 14.4. The lowest BCUT2D eigenvalue weighted by atomic mass is 9.98. The summed E-state index contributed by atoms with van der Waals surface area (Å²) in [6, 6.07) is 28.6. The lowest BCUT2D eigenvalue weighted by molar-refractivity contribution is -0.146. The van der Waals surface area contributed by atoms with Crippen molar-refractivity contribution in [2.45, 2.75) is 57.2 Å². The summed E-state index contributed by atoms with van der Waals surface area (Å²) in [5.74, 6) is -3.38. The van der Waals surface area contributed by atoms with Crippen LogP contribution in [-0.2, 0) is 33.6 Å². The highest BCUT2D eigenvalue weighted by atomic mass is 19.2. The third-order valence-electron chi connectivity index (χ3n) is 8.58. The van der Waals surface area contributed by atoms with Crippen molar-refractivity contribution in [3.8, 4) is 11.1 Å². The number of rotatable bonds is 15. The summed E-state index contributed by atoms with van der Waals surface area (Å²) >= 11 is 0. The SMILES string of the molecule is CN(C(=O)C=CCC(C)(C)N)[C@H](Cc1ccc(-c2ccccc2)cc1)C(=O)N(C)[C@H](Cc1ccc(F)c(F)c1)C(=O)NCCc1ccccc1. The van der Waals surface area contributed by atoms with Crippen LogP contribution in [0.5, 0.6) is 0 Å². The van der Waals surface area contributed by atoms with Gasteiger partial charge >= 0.3 is 0 Å². The Bertz CT molecular complexity index is 1760. The predicted octanol–water partition coefficient (Wildman–Crippen LogP) is 6.11. The van der Waals surface area contributed by atoms with Crippen LogP contribution < -0.4 is 11.1 Å². The average Bonchev–Trinajstić information content (AvgIpc) is 3.10. The van der Waals surface area contributed by atoms with Gasteiger partial charge in [-0.05, 0) is 72.7 Å². The molecule has 4 aromatic carbocycles. The van der Waals surface area contributed by atoms with Gasteiger partial charge in [0.25, 0.3) is 0 Å². The van der Waals surface area contributed by atoms with E-state index >= 15 is 0 Å². The smallest absolute Gasteiger partial charge is 0.246 e. The zero-order valence-electron chi connectivity index (χ0n) is 29.1. The summed E-state index contributed by atoms with van der Waals surface area (Å²) in [7, 11) is 3.06. The van der Waals surface area contributed by atoms with Crippen LogP contribution >= 0.6 is 0 Å². The van der Waals surface area contributed by atoms with Gasteiger partial charge in [0.2, 0.25) is 17.7 Å². The Morgan fingerprint density at radius 3 is 1.94 bits per heavy atom. The molecule has 3 amide bonds. The molecule has 0 aliphatic rings. The van der Waals surface area contributed by atoms with Crippen LogP contribution in [0.15, 0.2) is 115 Å². The fraction of sp³-hybridized carbons (Fsp3) is 0.293. The number of halogens is 2. The second-order valence-electron chi connectivity index (χ2n) is 13.3. The molecule has 0 unspecified atom stereocenters. The maximum absolute atomic E-state index is 14.4.